The molecule has 0 aliphatic rings. The second-order valence-corrected chi connectivity index (χ2v) is 7.05. The van der Waals surface area contributed by atoms with E-state index in [1.54, 1.807) is 0 Å². The van der Waals surface area contributed by atoms with E-state index < -0.39 is 5.97 Å². The Labute approximate surface area is 164 Å². The topological polar surface area (TPSA) is 63.6 Å². The van der Waals surface area contributed by atoms with Crippen molar-refractivity contribution in [2.24, 2.45) is 0 Å². The molecule has 25 heavy (non-hydrogen) atoms. The number of hydrogen-bond acceptors (Lipinski definition) is 3. The summed E-state index contributed by atoms with van der Waals surface area (Å²) in [4.78, 5) is 21.1. The molecular weight excluding hydrogens is 452 g/mol. The molecule has 0 aromatic heterocycles. The predicted octanol–water partition coefficient (Wildman–Crippen LogP) is 5.02. The second kappa shape index (κ2) is 11.8. The molecule has 0 saturated carbocycles. The molecule has 134 valence electrons. The van der Waals surface area contributed by atoms with E-state index in [9.17, 15) is 9.59 Å². The molecule has 0 radical (unpaired) electrons. The fourth-order valence-corrected chi connectivity index (χ4v) is 2.43. The first-order chi connectivity index (χ1) is 11.9. The second-order valence-electron chi connectivity index (χ2n) is 5.22. The number of halogens is 2. The first-order valence-corrected chi connectivity index (χ1v) is 9.27. The molecule has 6 heteroatoms. The van der Waals surface area contributed by atoms with Gasteiger partial charge in [0, 0.05) is 21.8 Å². The van der Waals surface area contributed by atoms with Crippen molar-refractivity contribution < 1.29 is 19.4 Å². The molecule has 0 fully saturated rings. The lowest BCUT2D eigenvalue weighted by Gasteiger charge is -2.00. The maximum atomic E-state index is 10.8. The lowest BCUT2D eigenvalue weighted by molar-refractivity contribution is -0.140. The Morgan fingerprint density at radius 2 is 1.24 bits per heavy atom. The van der Waals surface area contributed by atoms with Crippen molar-refractivity contribution in [2.75, 3.05) is 7.11 Å². The Kier molecular flexibility index (Phi) is 10.1. The number of carboxylic acid groups (broad SMARTS) is 1. The van der Waals surface area contributed by atoms with Crippen LogP contribution in [-0.2, 0) is 27.2 Å². The standard InChI is InChI=1S/C10H11BrO2.C9H9BrO2/c1-13-10(12)7-4-8-2-5-9(11)6-3-8;10-8-4-1-7(2-5-8)3-6-9(11)12/h2-3,5-6H,4,7H2,1H3;1-2,4-5H,3,6H2,(H,11,12). The maximum Gasteiger partial charge on any atom is 0.305 e. The van der Waals surface area contributed by atoms with Gasteiger partial charge in [-0.25, -0.2) is 0 Å². The summed E-state index contributed by atoms with van der Waals surface area (Å²) in [5.74, 6) is -0.916. The van der Waals surface area contributed by atoms with Crippen LogP contribution >= 0.6 is 31.9 Å². The van der Waals surface area contributed by atoms with Crippen molar-refractivity contribution in [2.45, 2.75) is 25.7 Å². The molecule has 1 N–H and O–H groups in total. The number of hydrogen-bond donors (Lipinski definition) is 1. The lowest BCUT2D eigenvalue weighted by atomic mass is 10.1. The summed E-state index contributed by atoms with van der Waals surface area (Å²) in [7, 11) is 1.41. The van der Waals surface area contributed by atoms with Gasteiger partial charge in [0.1, 0.15) is 0 Å². The van der Waals surface area contributed by atoms with Crippen molar-refractivity contribution in [1.29, 1.82) is 0 Å². The molecule has 2 rings (SSSR count). The van der Waals surface area contributed by atoms with Crippen LogP contribution in [0.3, 0.4) is 0 Å². The fraction of sp³-hybridized carbons (Fsp3) is 0.263. The number of rotatable bonds is 6. The van der Waals surface area contributed by atoms with Gasteiger partial charge in [-0.1, -0.05) is 56.1 Å². The minimum Gasteiger partial charge on any atom is -0.481 e. The van der Waals surface area contributed by atoms with E-state index in [0.29, 0.717) is 12.8 Å². The lowest BCUT2D eigenvalue weighted by Crippen LogP contribution is -2.01. The number of carboxylic acids is 1. The minimum atomic E-state index is -0.752. The van der Waals surface area contributed by atoms with Crippen LogP contribution in [0.5, 0.6) is 0 Å². The van der Waals surface area contributed by atoms with Crippen molar-refractivity contribution in [3.8, 4) is 0 Å². The zero-order valence-corrected chi connectivity index (χ0v) is 17.0. The van der Waals surface area contributed by atoms with E-state index >= 15 is 0 Å². The molecule has 2 aromatic carbocycles. The molecule has 0 aliphatic carbocycles. The number of esters is 1. The highest BCUT2D eigenvalue weighted by molar-refractivity contribution is 9.10. The van der Waals surface area contributed by atoms with Crippen LogP contribution in [0.25, 0.3) is 0 Å². The molecule has 0 heterocycles. The van der Waals surface area contributed by atoms with Gasteiger partial charge >= 0.3 is 11.9 Å². The van der Waals surface area contributed by atoms with Gasteiger partial charge in [-0.05, 0) is 48.2 Å². The Morgan fingerprint density at radius 1 is 0.840 bits per heavy atom. The van der Waals surface area contributed by atoms with E-state index in [4.69, 9.17) is 5.11 Å². The van der Waals surface area contributed by atoms with E-state index in [0.717, 1.165) is 26.5 Å². The van der Waals surface area contributed by atoms with E-state index in [2.05, 4.69) is 36.6 Å². The Bertz CT molecular complexity index is 667. The Morgan fingerprint density at radius 3 is 1.60 bits per heavy atom. The third-order valence-electron chi connectivity index (χ3n) is 3.30. The van der Waals surface area contributed by atoms with Crippen molar-refractivity contribution in [3.05, 3.63) is 68.6 Å². The SMILES string of the molecule is COC(=O)CCc1ccc(Br)cc1.O=C(O)CCc1ccc(Br)cc1. The molecule has 0 bridgehead atoms. The highest BCUT2D eigenvalue weighted by Gasteiger charge is 2.00. The molecule has 0 unspecified atom stereocenters. The zero-order valence-electron chi connectivity index (χ0n) is 13.9. The first-order valence-electron chi connectivity index (χ1n) is 7.68. The fourth-order valence-electron chi connectivity index (χ4n) is 1.90. The summed E-state index contributed by atoms with van der Waals surface area (Å²) >= 11 is 6.66. The van der Waals surface area contributed by atoms with Gasteiger partial charge in [-0.15, -0.1) is 0 Å². The number of aliphatic carboxylic acids is 1. The third-order valence-corrected chi connectivity index (χ3v) is 4.36. The smallest absolute Gasteiger partial charge is 0.305 e. The van der Waals surface area contributed by atoms with Gasteiger partial charge in [0.05, 0.1) is 7.11 Å². The number of ether oxygens (including phenoxy) is 1. The maximum absolute atomic E-state index is 10.8. The number of carbonyl (C=O) groups excluding carboxylic acids is 1. The van der Waals surface area contributed by atoms with E-state index in [1.807, 2.05) is 48.5 Å². The molecule has 0 aliphatic heterocycles. The number of aryl methyl sites for hydroxylation is 2. The summed E-state index contributed by atoms with van der Waals surface area (Å²) in [6.07, 6.45) is 1.97. The van der Waals surface area contributed by atoms with Gasteiger partial charge in [0.25, 0.3) is 0 Å². The monoisotopic (exact) mass is 470 g/mol. The highest BCUT2D eigenvalue weighted by Crippen LogP contribution is 2.12. The Balaban J connectivity index is 0.000000251. The normalized spacial score (nSPS) is 9.72. The van der Waals surface area contributed by atoms with Crippen molar-refractivity contribution >= 4 is 43.8 Å². The summed E-state index contributed by atoms with van der Waals surface area (Å²) in [6.45, 7) is 0. The van der Waals surface area contributed by atoms with Crippen LogP contribution in [0.1, 0.15) is 24.0 Å². The molecule has 0 amide bonds. The van der Waals surface area contributed by atoms with Crippen molar-refractivity contribution in [1.82, 2.24) is 0 Å². The molecule has 0 saturated heterocycles. The Hall–Kier alpha value is -1.66. The highest BCUT2D eigenvalue weighted by atomic mass is 79.9. The van der Waals surface area contributed by atoms with E-state index in [-0.39, 0.29) is 12.4 Å². The quantitative estimate of drug-likeness (QED) is 0.600. The van der Waals surface area contributed by atoms with Gasteiger partial charge < -0.3 is 9.84 Å². The molecule has 4 nitrogen and oxygen atoms in total. The average molecular weight is 472 g/mol. The largest absolute Gasteiger partial charge is 0.481 e. The van der Waals surface area contributed by atoms with Crippen LogP contribution in [0.4, 0.5) is 0 Å². The zero-order chi connectivity index (χ0) is 18.7. The first kappa shape index (κ1) is 21.4. The summed E-state index contributed by atoms with van der Waals surface area (Å²) in [6, 6.07) is 15.6. The average Bonchev–Trinajstić information content (AvgIpc) is 2.61. The number of carbonyl (C=O) groups is 2. The number of methoxy groups -OCH3 is 1. The summed E-state index contributed by atoms with van der Waals surface area (Å²) in [5, 5.41) is 8.42. The van der Waals surface area contributed by atoms with Crippen LogP contribution in [0.15, 0.2) is 57.5 Å². The van der Waals surface area contributed by atoms with Crippen LogP contribution < -0.4 is 0 Å². The van der Waals surface area contributed by atoms with Gasteiger partial charge in [-0.2, -0.15) is 0 Å². The van der Waals surface area contributed by atoms with Gasteiger partial charge in [0.2, 0.25) is 0 Å². The van der Waals surface area contributed by atoms with Crippen LogP contribution in [0.2, 0.25) is 0 Å². The van der Waals surface area contributed by atoms with Crippen LogP contribution in [0, 0.1) is 0 Å². The molecule has 0 atom stereocenters. The van der Waals surface area contributed by atoms with E-state index in [1.165, 1.54) is 7.11 Å². The summed E-state index contributed by atoms with van der Waals surface area (Å²) in [5.41, 5.74) is 2.20. The predicted molar refractivity (Wildman–Crippen MR) is 105 cm³/mol. The minimum absolute atomic E-state index is 0.164. The van der Waals surface area contributed by atoms with Crippen LogP contribution in [-0.4, -0.2) is 24.2 Å². The summed E-state index contributed by atoms with van der Waals surface area (Å²) < 4.78 is 6.61. The molecule has 2 aromatic rings. The third kappa shape index (κ3) is 10.0. The molecular formula is C19H20Br2O4. The number of benzene rings is 2. The van der Waals surface area contributed by atoms with Gasteiger partial charge in [-0.3, -0.25) is 9.59 Å². The van der Waals surface area contributed by atoms with Gasteiger partial charge in [0.15, 0.2) is 0 Å². The van der Waals surface area contributed by atoms with Crippen molar-refractivity contribution in [3.63, 3.8) is 0 Å². The molecule has 0 spiro atoms.